The van der Waals surface area contributed by atoms with Gasteiger partial charge in [-0.3, -0.25) is 4.79 Å². The molecule has 0 aliphatic rings. The van der Waals surface area contributed by atoms with Crippen LogP contribution in [0.25, 0.3) is 11.3 Å². The van der Waals surface area contributed by atoms with Gasteiger partial charge in [-0.1, -0.05) is 39.1 Å². The number of amides is 1. The molecule has 1 N–H and O–H groups in total. The molecular weight excluding hydrogens is 427 g/mol. The Morgan fingerprint density at radius 2 is 1.80 bits per heavy atom. The van der Waals surface area contributed by atoms with Crippen molar-refractivity contribution in [1.82, 2.24) is 5.43 Å². The Morgan fingerprint density at radius 1 is 1.04 bits per heavy atom. The van der Waals surface area contributed by atoms with Crippen LogP contribution in [0.4, 0.5) is 0 Å². The van der Waals surface area contributed by atoms with Gasteiger partial charge in [-0.15, -0.1) is 0 Å². The van der Waals surface area contributed by atoms with Crippen LogP contribution in [0.2, 0.25) is 10.0 Å². The monoisotopic (exact) mass is 436 g/mol. The average molecular weight is 438 g/mol. The highest BCUT2D eigenvalue weighted by atomic mass is 79.9. The Bertz CT molecular complexity index is 937. The van der Waals surface area contributed by atoms with E-state index in [9.17, 15) is 4.79 Å². The first-order valence-electron chi connectivity index (χ1n) is 7.17. The van der Waals surface area contributed by atoms with Crippen molar-refractivity contribution < 1.29 is 9.21 Å². The number of hydrogen-bond acceptors (Lipinski definition) is 3. The van der Waals surface area contributed by atoms with Gasteiger partial charge in [-0.05, 0) is 54.6 Å². The number of nitrogens with one attached hydrogen (secondary N) is 1. The summed E-state index contributed by atoms with van der Waals surface area (Å²) in [6, 6.07) is 15.7. The second kappa shape index (κ2) is 7.87. The summed E-state index contributed by atoms with van der Waals surface area (Å²) in [6.45, 7) is 0. The van der Waals surface area contributed by atoms with E-state index in [1.54, 1.807) is 48.5 Å². The summed E-state index contributed by atoms with van der Waals surface area (Å²) in [7, 11) is 0. The number of hydrogen-bond donors (Lipinski definition) is 1. The van der Waals surface area contributed by atoms with Crippen LogP contribution < -0.4 is 5.43 Å². The van der Waals surface area contributed by atoms with Crippen LogP contribution in [0, 0.1) is 0 Å². The number of nitrogens with zero attached hydrogens (tertiary/aromatic N) is 1. The molecule has 0 saturated carbocycles. The van der Waals surface area contributed by atoms with Crippen LogP contribution in [0.3, 0.4) is 0 Å². The van der Waals surface area contributed by atoms with Crippen molar-refractivity contribution in [1.29, 1.82) is 0 Å². The maximum Gasteiger partial charge on any atom is 0.271 e. The molecule has 0 bridgehead atoms. The molecule has 2 aromatic carbocycles. The number of benzene rings is 2. The minimum atomic E-state index is -0.306. The van der Waals surface area contributed by atoms with Gasteiger partial charge in [0.2, 0.25) is 0 Å². The van der Waals surface area contributed by atoms with Gasteiger partial charge in [-0.2, -0.15) is 5.10 Å². The van der Waals surface area contributed by atoms with Crippen LogP contribution in [0.15, 0.2) is 68.6 Å². The maximum absolute atomic E-state index is 11.9. The molecule has 0 aliphatic carbocycles. The van der Waals surface area contributed by atoms with E-state index in [1.165, 1.54) is 6.21 Å². The highest BCUT2D eigenvalue weighted by Crippen LogP contribution is 2.29. The molecule has 7 heteroatoms. The molecule has 126 valence electrons. The fourth-order valence-electron chi connectivity index (χ4n) is 2.05. The third kappa shape index (κ3) is 4.51. The lowest BCUT2D eigenvalue weighted by Gasteiger charge is -2.00. The summed E-state index contributed by atoms with van der Waals surface area (Å²) in [5.74, 6) is 0.816. The molecule has 1 aromatic heterocycles. The quantitative estimate of drug-likeness (QED) is 0.415. The fraction of sp³-hybridized carbons (Fsp3) is 0. The van der Waals surface area contributed by atoms with E-state index in [-0.39, 0.29) is 5.91 Å². The third-order valence-corrected chi connectivity index (χ3v) is 4.56. The molecule has 0 aliphatic heterocycles. The Kier molecular flexibility index (Phi) is 5.58. The largest absolute Gasteiger partial charge is 0.455 e. The van der Waals surface area contributed by atoms with E-state index in [2.05, 4.69) is 26.5 Å². The summed E-state index contributed by atoms with van der Waals surface area (Å²) in [5.41, 5.74) is 3.76. The molecule has 4 nitrogen and oxygen atoms in total. The Morgan fingerprint density at radius 3 is 2.52 bits per heavy atom. The lowest BCUT2D eigenvalue weighted by molar-refractivity contribution is 0.0955. The maximum atomic E-state index is 11.9. The van der Waals surface area contributed by atoms with Gasteiger partial charge in [0.1, 0.15) is 11.5 Å². The minimum absolute atomic E-state index is 0.306. The third-order valence-electron chi connectivity index (χ3n) is 3.30. The second-order valence-corrected chi connectivity index (χ2v) is 6.77. The molecule has 0 saturated heterocycles. The van der Waals surface area contributed by atoms with Crippen LogP contribution >= 0.6 is 39.1 Å². The van der Waals surface area contributed by atoms with Crippen molar-refractivity contribution in [3.8, 4) is 11.3 Å². The molecule has 3 rings (SSSR count). The lowest BCUT2D eigenvalue weighted by atomic mass is 10.2. The van der Waals surface area contributed by atoms with Crippen molar-refractivity contribution in [2.24, 2.45) is 5.10 Å². The molecule has 0 unspecified atom stereocenters. The molecule has 1 heterocycles. The Labute approximate surface area is 162 Å². The molecule has 0 spiro atoms. The summed E-state index contributed by atoms with van der Waals surface area (Å²) < 4.78 is 6.56. The first kappa shape index (κ1) is 17.7. The Balaban J connectivity index is 1.66. The average Bonchev–Trinajstić information content (AvgIpc) is 3.07. The first-order chi connectivity index (χ1) is 12.0. The van der Waals surface area contributed by atoms with Crippen LogP contribution in [-0.4, -0.2) is 12.1 Å². The SMILES string of the molecule is O=C(N/N=C\c1ccc(-c2ccc(Cl)c(Cl)c2)o1)c1ccc(Br)cc1. The zero-order valence-corrected chi connectivity index (χ0v) is 15.8. The summed E-state index contributed by atoms with van der Waals surface area (Å²) in [4.78, 5) is 11.9. The Hall–Kier alpha value is -2.08. The number of rotatable bonds is 4. The number of hydrazone groups is 1. The fourth-order valence-corrected chi connectivity index (χ4v) is 2.61. The van der Waals surface area contributed by atoms with Crippen molar-refractivity contribution >= 4 is 51.3 Å². The predicted octanol–water partition coefficient (Wildman–Crippen LogP) is 5.78. The normalized spacial score (nSPS) is 11.0. The van der Waals surface area contributed by atoms with Gasteiger partial charge in [0, 0.05) is 15.6 Å². The molecule has 0 atom stereocenters. The predicted molar refractivity (Wildman–Crippen MR) is 103 cm³/mol. The van der Waals surface area contributed by atoms with Crippen LogP contribution in [0.5, 0.6) is 0 Å². The summed E-state index contributed by atoms with van der Waals surface area (Å²) >= 11 is 15.2. The van der Waals surface area contributed by atoms with Crippen molar-refractivity contribution in [3.63, 3.8) is 0 Å². The second-order valence-electron chi connectivity index (χ2n) is 5.04. The number of carbonyl (C=O) groups is 1. The lowest BCUT2D eigenvalue weighted by Crippen LogP contribution is -2.17. The molecule has 3 aromatic rings. The summed E-state index contributed by atoms with van der Waals surface area (Å²) in [5, 5.41) is 4.83. The van der Waals surface area contributed by atoms with Gasteiger partial charge in [0.25, 0.3) is 5.91 Å². The van der Waals surface area contributed by atoms with Gasteiger partial charge < -0.3 is 4.42 Å². The number of carbonyl (C=O) groups excluding carboxylic acids is 1. The highest BCUT2D eigenvalue weighted by molar-refractivity contribution is 9.10. The van der Waals surface area contributed by atoms with Crippen molar-refractivity contribution in [2.45, 2.75) is 0 Å². The first-order valence-corrected chi connectivity index (χ1v) is 8.72. The summed E-state index contributed by atoms with van der Waals surface area (Å²) in [6.07, 6.45) is 1.43. The molecular formula is C18H11BrCl2N2O2. The van der Waals surface area contributed by atoms with Crippen LogP contribution in [-0.2, 0) is 0 Å². The standard InChI is InChI=1S/C18H11BrCl2N2O2/c19-13-4-1-11(2-5-13)18(24)23-22-10-14-6-8-17(25-14)12-3-7-15(20)16(21)9-12/h1-10H,(H,23,24)/b22-10-. The van der Waals surface area contributed by atoms with E-state index in [0.29, 0.717) is 27.1 Å². The van der Waals surface area contributed by atoms with Crippen molar-refractivity contribution in [2.75, 3.05) is 0 Å². The highest BCUT2D eigenvalue weighted by Gasteiger charge is 2.07. The molecule has 0 fully saturated rings. The topological polar surface area (TPSA) is 54.6 Å². The van der Waals surface area contributed by atoms with E-state index in [1.807, 2.05) is 6.07 Å². The van der Waals surface area contributed by atoms with E-state index in [4.69, 9.17) is 27.6 Å². The van der Waals surface area contributed by atoms with Gasteiger partial charge in [0.15, 0.2) is 0 Å². The molecule has 0 radical (unpaired) electrons. The van der Waals surface area contributed by atoms with E-state index < -0.39 is 0 Å². The van der Waals surface area contributed by atoms with E-state index in [0.717, 1.165) is 10.0 Å². The van der Waals surface area contributed by atoms with E-state index >= 15 is 0 Å². The number of halogens is 3. The van der Waals surface area contributed by atoms with Gasteiger partial charge in [-0.25, -0.2) is 5.43 Å². The zero-order chi connectivity index (χ0) is 17.8. The molecule has 25 heavy (non-hydrogen) atoms. The molecule has 1 amide bonds. The van der Waals surface area contributed by atoms with Crippen LogP contribution in [0.1, 0.15) is 16.1 Å². The minimum Gasteiger partial charge on any atom is -0.455 e. The van der Waals surface area contributed by atoms with Gasteiger partial charge in [0.05, 0.1) is 16.3 Å². The zero-order valence-electron chi connectivity index (χ0n) is 12.7. The smallest absolute Gasteiger partial charge is 0.271 e. The van der Waals surface area contributed by atoms with Crippen molar-refractivity contribution in [3.05, 3.63) is 80.4 Å². The van der Waals surface area contributed by atoms with Gasteiger partial charge >= 0.3 is 0 Å². The number of furan rings is 1.